The van der Waals surface area contributed by atoms with Crippen LogP contribution in [0.15, 0.2) is 0 Å². The number of rotatable bonds is 6. The maximum absolute atomic E-state index is 12.0. The third kappa shape index (κ3) is 4.64. The van der Waals surface area contributed by atoms with Crippen LogP contribution in [0.3, 0.4) is 0 Å². The maximum Gasteiger partial charge on any atom is 0.227 e. The normalized spacial score (nSPS) is 19.4. The minimum Gasteiger partial charge on any atom is -0.384 e. The molecule has 0 saturated carbocycles. The second kappa shape index (κ2) is 7.67. The van der Waals surface area contributed by atoms with E-state index in [2.05, 4.69) is 12.2 Å². The SMILES string of the molecule is CCNCC1CCN(C(=O)C(C)COC)CC1. The molecule has 1 aliphatic rings. The Morgan fingerprint density at radius 1 is 1.47 bits per heavy atom. The fraction of sp³-hybridized carbons (Fsp3) is 0.923. The van der Waals surface area contributed by atoms with Crippen LogP contribution < -0.4 is 5.32 Å². The van der Waals surface area contributed by atoms with Gasteiger partial charge in [-0.25, -0.2) is 0 Å². The van der Waals surface area contributed by atoms with E-state index in [1.54, 1.807) is 7.11 Å². The molecule has 1 aliphatic heterocycles. The van der Waals surface area contributed by atoms with Gasteiger partial charge < -0.3 is 15.0 Å². The Balaban J connectivity index is 2.28. The van der Waals surface area contributed by atoms with Crippen molar-refractivity contribution in [1.82, 2.24) is 10.2 Å². The summed E-state index contributed by atoms with van der Waals surface area (Å²) < 4.78 is 5.03. The molecule has 4 heteroatoms. The number of likely N-dealkylation sites (tertiary alicyclic amines) is 1. The average Bonchev–Trinajstić information content (AvgIpc) is 2.36. The van der Waals surface area contributed by atoms with Gasteiger partial charge in [0.25, 0.3) is 0 Å². The summed E-state index contributed by atoms with van der Waals surface area (Å²) in [6, 6.07) is 0. The van der Waals surface area contributed by atoms with Gasteiger partial charge in [0.05, 0.1) is 12.5 Å². The summed E-state index contributed by atoms with van der Waals surface area (Å²) in [6.45, 7) is 8.53. The third-order valence-corrected chi connectivity index (χ3v) is 3.45. The first-order valence-electron chi connectivity index (χ1n) is 6.67. The lowest BCUT2D eigenvalue weighted by atomic mass is 9.96. The second-order valence-corrected chi connectivity index (χ2v) is 4.93. The lowest BCUT2D eigenvalue weighted by Gasteiger charge is -2.33. The monoisotopic (exact) mass is 242 g/mol. The number of amides is 1. The van der Waals surface area contributed by atoms with E-state index in [-0.39, 0.29) is 11.8 Å². The largest absolute Gasteiger partial charge is 0.384 e. The Morgan fingerprint density at radius 2 is 2.12 bits per heavy atom. The molecule has 4 nitrogen and oxygen atoms in total. The predicted octanol–water partition coefficient (Wildman–Crippen LogP) is 1.12. The van der Waals surface area contributed by atoms with E-state index < -0.39 is 0 Å². The molecule has 1 amide bonds. The summed E-state index contributed by atoms with van der Waals surface area (Å²) in [4.78, 5) is 14.0. The van der Waals surface area contributed by atoms with Crippen molar-refractivity contribution in [3.05, 3.63) is 0 Å². The van der Waals surface area contributed by atoms with Crippen molar-refractivity contribution < 1.29 is 9.53 Å². The highest BCUT2D eigenvalue weighted by molar-refractivity contribution is 5.78. The van der Waals surface area contributed by atoms with Crippen molar-refractivity contribution >= 4 is 5.91 Å². The first-order valence-corrected chi connectivity index (χ1v) is 6.67. The van der Waals surface area contributed by atoms with Crippen LogP contribution in [0.4, 0.5) is 0 Å². The Bertz CT molecular complexity index is 225. The number of ether oxygens (including phenoxy) is 1. The quantitative estimate of drug-likeness (QED) is 0.759. The van der Waals surface area contributed by atoms with E-state index in [4.69, 9.17) is 4.74 Å². The Labute approximate surface area is 105 Å². The van der Waals surface area contributed by atoms with Gasteiger partial charge in [0.2, 0.25) is 5.91 Å². The molecule has 17 heavy (non-hydrogen) atoms. The molecule has 0 spiro atoms. The lowest BCUT2D eigenvalue weighted by molar-refractivity contribution is -0.138. The molecule has 1 atom stereocenters. The number of nitrogens with one attached hydrogen (secondary N) is 1. The van der Waals surface area contributed by atoms with Gasteiger partial charge in [0.15, 0.2) is 0 Å². The number of carbonyl (C=O) groups excluding carboxylic acids is 1. The van der Waals surface area contributed by atoms with Crippen LogP contribution in [-0.2, 0) is 9.53 Å². The molecule has 0 aromatic rings. The maximum atomic E-state index is 12.0. The van der Waals surface area contributed by atoms with E-state index in [0.717, 1.165) is 44.9 Å². The van der Waals surface area contributed by atoms with E-state index in [1.165, 1.54) is 0 Å². The van der Waals surface area contributed by atoms with Crippen molar-refractivity contribution in [3.63, 3.8) is 0 Å². The van der Waals surface area contributed by atoms with Crippen LogP contribution in [0, 0.1) is 11.8 Å². The zero-order chi connectivity index (χ0) is 12.7. The zero-order valence-electron chi connectivity index (χ0n) is 11.4. The minimum atomic E-state index is -0.00897. The van der Waals surface area contributed by atoms with Crippen LogP contribution in [0.1, 0.15) is 26.7 Å². The zero-order valence-corrected chi connectivity index (χ0v) is 11.4. The molecular formula is C13H26N2O2. The summed E-state index contributed by atoms with van der Waals surface area (Å²) in [5.41, 5.74) is 0. The smallest absolute Gasteiger partial charge is 0.227 e. The highest BCUT2D eigenvalue weighted by atomic mass is 16.5. The molecule has 1 fully saturated rings. The van der Waals surface area contributed by atoms with Gasteiger partial charge in [0.1, 0.15) is 0 Å². The highest BCUT2D eigenvalue weighted by Gasteiger charge is 2.25. The van der Waals surface area contributed by atoms with E-state index in [1.807, 2.05) is 11.8 Å². The molecule has 1 saturated heterocycles. The van der Waals surface area contributed by atoms with Gasteiger partial charge in [-0.05, 0) is 31.8 Å². The topological polar surface area (TPSA) is 41.6 Å². The summed E-state index contributed by atoms with van der Waals surface area (Å²) in [6.07, 6.45) is 2.25. The predicted molar refractivity (Wildman–Crippen MR) is 68.9 cm³/mol. The lowest BCUT2D eigenvalue weighted by Crippen LogP contribution is -2.43. The molecule has 0 bridgehead atoms. The van der Waals surface area contributed by atoms with Crippen molar-refractivity contribution in [1.29, 1.82) is 0 Å². The molecule has 1 unspecified atom stereocenters. The van der Waals surface area contributed by atoms with Gasteiger partial charge in [-0.15, -0.1) is 0 Å². The summed E-state index contributed by atoms with van der Waals surface area (Å²) in [5.74, 6) is 0.968. The molecule has 100 valence electrons. The van der Waals surface area contributed by atoms with Crippen LogP contribution in [0.25, 0.3) is 0 Å². The van der Waals surface area contributed by atoms with Gasteiger partial charge in [0, 0.05) is 20.2 Å². The Morgan fingerprint density at radius 3 is 2.65 bits per heavy atom. The van der Waals surface area contributed by atoms with E-state index in [9.17, 15) is 4.79 Å². The van der Waals surface area contributed by atoms with Gasteiger partial charge in [-0.3, -0.25) is 4.79 Å². The summed E-state index contributed by atoms with van der Waals surface area (Å²) in [7, 11) is 1.65. The summed E-state index contributed by atoms with van der Waals surface area (Å²) in [5, 5.41) is 3.38. The molecule has 0 aliphatic carbocycles. The molecule has 0 aromatic carbocycles. The fourth-order valence-corrected chi connectivity index (χ4v) is 2.34. The van der Waals surface area contributed by atoms with Gasteiger partial charge >= 0.3 is 0 Å². The number of piperidine rings is 1. The number of hydrogen-bond acceptors (Lipinski definition) is 3. The van der Waals surface area contributed by atoms with Gasteiger partial charge in [-0.1, -0.05) is 13.8 Å². The summed E-state index contributed by atoms with van der Waals surface area (Å²) >= 11 is 0. The second-order valence-electron chi connectivity index (χ2n) is 4.93. The number of carbonyl (C=O) groups is 1. The average molecular weight is 242 g/mol. The van der Waals surface area contributed by atoms with Crippen molar-refractivity contribution in [2.75, 3.05) is 39.9 Å². The van der Waals surface area contributed by atoms with Crippen molar-refractivity contribution in [3.8, 4) is 0 Å². The van der Waals surface area contributed by atoms with E-state index in [0.29, 0.717) is 6.61 Å². The number of nitrogens with zero attached hydrogens (tertiary/aromatic N) is 1. The van der Waals surface area contributed by atoms with E-state index >= 15 is 0 Å². The Kier molecular flexibility index (Phi) is 6.52. The van der Waals surface area contributed by atoms with Crippen molar-refractivity contribution in [2.24, 2.45) is 11.8 Å². The number of methoxy groups -OCH3 is 1. The van der Waals surface area contributed by atoms with Crippen LogP contribution in [0.2, 0.25) is 0 Å². The molecular weight excluding hydrogens is 216 g/mol. The highest BCUT2D eigenvalue weighted by Crippen LogP contribution is 2.18. The van der Waals surface area contributed by atoms with Crippen LogP contribution in [0.5, 0.6) is 0 Å². The molecule has 1 rings (SSSR count). The molecule has 1 N–H and O–H groups in total. The molecule has 0 radical (unpaired) electrons. The molecule has 0 aromatic heterocycles. The van der Waals surface area contributed by atoms with Crippen LogP contribution >= 0.6 is 0 Å². The minimum absolute atomic E-state index is 0.00897. The Hall–Kier alpha value is -0.610. The standard InChI is InChI=1S/C13H26N2O2/c1-4-14-9-12-5-7-15(8-6-12)13(16)11(2)10-17-3/h11-12,14H,4-10H2,1-3H3. The van der Waals surface area contributed by atoms with Crippen molar-refractivity contribution in [2.45, 2.75) is 26.7 Å². The third-order valence-electron chi connectivity index (χ3n) is 3.45. The van der Waals surface area contributed by atoms with Gasteiger partial charge in [-0.2, -0.15) is 0 Å². The fourth-order valence-electron chi connectivity index (χ4n) is 2.34. The molecule has 1 heterocycles. The number of hydrogen-bond donors (Lipinski definition) is 1. The van der Waals surface area contributed by atoms with Crippen LogP contribution in [-0.4, -0.2) is 50.7 Å². The first-order chi connectivity index (χ1) is 8.19. The first kappa shape index (κ1) is 14.5.